The molecule has 0 amide bonds. The van der Waals surface area contributed by atoms with Crippen molar-refractivity contribution in [3.63, 3.8) is 0 Å². The monoisotopic (exact) mass is 426 g/mol. The van der Waals surface area contributed by atoms with E-state index in [9.17, 15) is 8.42 Å². The van der Waals surface area contributed by atoms with E-state index in [0.29, 0.717) is 44.9 Å². The molecule has 5 nitrogen and oxygen atoms in total. The maximum atomic E-state index is 12.7. The third-order valence-corrected chi connectivity index (χ3v) is 6.07. The number of rotatable bonds is 7. The van der Waals surface area contributed by atoms with Crippen LogP contribution in [0.2, 0.25) is 10.0 Å². The number of aromatic amines is 1. The molecule has 0 bridgehead atoms. The Kier molecular flexibility index (Phi) is 5.89. The summed E-state index contributed by atoms with van der Waals surface area (Å²) in [4.78, 5) is 3.09. The minimum Gasteiger partial charge on any atom is -0.494 e. The molecule has 0 spiro atoms. The van der Waals surface area contributed by atoms with Gasteiger partial charge in [0.2, 0.25) is 0 Å². The van der Waals surface area contributed by atoms with Gasteiger partial charge in [-0.05, 0) is 48.7 Å². The summed E-state index contributed by atoms with van der Waals surface area (Å²) in [7, 11) is -3.77. The van der Waals surface area contributed by atoms with E-state index < -0.39 is 10.0 Å². The molecule has 8 heteroatoms. The second kappa shape index (κ2) is 8.00. The van der Waals surface area contributed by atoms with Gasteiger partial charge in [-0.1, -0.05) is 37.0 Å². The predicted molar refractivity (Wildman–Crippen MR) is 111 cm³/mol. The molecule has 0 atom stereocenters. The summed E-state index contributed by atoms with van der Waals surface area (Å²) < 4.78 is 33.6. The van der Waals surface area contributed by atoms with Crippen molar-refractivity contribution in [3.8, 4) is 5.75 Å². The zero-order chi connectivity index (χ0) is 19.6. The maximum Gasteiger partial charge on any atom is 0.261 e. The molecule has 144 valence electrons. The lowest BCUT2D eigenvalue weighted by molar-refractivity contribution is 0.289. The lowest BCUT2D eigenvalue weighted by atomic mass is 10.1. The first kappa shape index (κ1) is 19.9. The average molecular weight is 427 g/mol. The molecular formula is C19H20Cl2N2O3S. The van der Waals surface area contributed by atoms with E-state index in [0.717, 1.165) is 6.42 Å². The second-order valence-corrected chi connectivity index (χ2v) is 9.09. The molecule has 0 aliphatic carbocycles. The van der Waals surface area contributed by atoms with Crippen LogP contribution in [0, 0.1) is 5.92 Å². The van der Waals surface area contributed by atoms with Crippen molar-refractivity contribution in [2.24, 2.45) is 5.92 Å². The van der Waals surface area contributed by atoms with Gasteiger partial charge in [0.05, 0.1) is 32.8 Å². The fraction of sp³-hybridized carbons (Fsp3) is 0.263. The van der Waals surface area contributed by atoms with Crippen LogP contribution < -0.4 is 9.46 Å². The highest BCUT2D eigenvalue weighted by molar-refractivity contribution is 7.92. The van der Waals surface area contributed by atoms with Crippen molar-refractivity contribution < 1.29 is 13.2 Å². The van der Waals surface area contributed by atoms with E-state index in [2.05, 4.69) is 23.6 Å². The van der Waals surface area contributed by atoms with Crippen molar-refractivity contribution in [1.82, 2.24) is 4.98 Å². The van der Waals surface area contributed by atoms with Crippen LogP contribution in [0.15, 0.2) is 47.5 Å². The Morgan fingerprint density at radius 2 is 1.78 bits per heavy atom. The largest absolute Gasteiger partial charge is 0.494 e. The Bertz CT molecular complexity index is 1040. The zero-order valence-corrected chi connectivity index (χ0v) is 17.3. The highest BCUT2D eigenvalue weighted by Crippen LogP contribution is 2.35. The number of anilines is 1. The number of halogens is 2. The van der Waals surface area contributed by atoms with E-state index in [1.165, 1.54) is 12.1 Å². The van der Waals surface area contributed by atoms with Gasteiger partial charge in [0.25, 0.3) is 10.0 Å². The predicted octanol–water partition coefficient (Wildman–Crippen LogP) is 5.70. The third kappa shape index (κ3) is 4.51. The van der Waals surface area contributed by atoms with Crippen LogP contribution in [0.1, 0.15) is 20.3 Å². The summed E-state index contributed by atoms with van der Waals surface area (Å²) in [6.07, 6.45) is 2.51. The van der Waals surface area contributed by atoms with Crippen molar-refractivity contribution in [3.05, 3.63) is 52.6 Å². The van der Waals surface area contributed by atoms with Crippen LogP contribution in [0.4, 0.5) is 5.69 Å². The van der Waals surface area contributed by atoms with Gasteiger partial charge in [-0.3, -0.25) is 4.72 Å². The van der Waals surface area contributed by atoms with Gasteiger partial charge in [-0.15, -0.1) is 0 Å². The van der Waals surface area contributed by atoms with Gasteiger partial charge in [-0.25, -0.2) is 8.42 Å². The van der Waals surface area contributed by atoms with E-state index in [1.807, 2.05) is 0 Å². The molecule has 0 aliphatic rings. The number of hydrogen-bond donors (Lipinski definition) is 2. The minimum atomic E-state index is -3.77. The topological polar surface area (TPSA) is 71.2 Å². The van der Waals surface area contributed by atoms with Crippen LogP contribution in [0.25, 0.3) is 10.9 Å². The molecule has 27 heavy (non-hydrogen) atoms. The van der Waals surface area contributed by atoms with Gasteiger partial charge in [-0.2, -0.15) is 0 Å². The summed E-state index contributed by atoms with van der Waals surface area (Å²) in [6, 6.07) is 9.53. The standard InChI is InChI=1S/C19H20Cl2N2O3S/c1-12(2)9-10-26-13-3-5-14(6-4-13)27(24,25)23-17-8-7-15(20)18-16(21)11-22-19(17)18/h3-8,11-12,22-23H,9-10H2,1-2H3. The highest BCUT2D eigenvalue weighted by atomic mass is 35.5. The summed E-state index contributed by atoms with van der Waals surface area (Å²) in [5, 5.41) is 1.45. The number of aromatic nitrogens is 1. The van der Waals surface area contributed by atoms with E-state index in [1.54, 1.807) is 30.5 Å². The summed E-state index contributed by atoms with van der Waals surface area (Å²) in [6.45, 7) is 4.84. The Labute approximate surface area is 168 Å². The Morgan fingerprint density at radius 3 is 2.44 bits per heavy atom. The summed E-state index contributed by atoms with van der Waals surface area (Å²) in [5.74, 6) is 1.19. The Morgan fingerprint density at radius 1 is 1.07 bits per heavy atom. The normalized spacial score (nSPS) is 11.9. The first-order valence-electron chi connectivity index (χ1n) is 8.48. The van der Waals surface area contributed by atoms with E-state index >= 15 is 0 Å². The first-order valence-corrected chi connectivity index (χ1v) is 10.7. The average Bonchev–Trinajstić information content (AvgIpc) is 3.00. The third-order valence-electron chi connectivity index (χ3n) is 4.08. The van der Waals surface area contributed by atoms with Crippen LogP contribution in [-0.4, -0.2) is 20.0 Å². The van der Waals surface area contributed by atoms with Crippen molar-refractivity contribution in [1.29, 1.82) is 0 Å². The van der Waals surface area contributed by atoms with Gasteiger partial charge in [0.1, 0.15) is 5.75 Å². The summed E-state index contributed by atoms with van der Waals surface area (Å²) >= 11 is 12.3. The fourth-order valence-corrected chi connectivity index (χ4v) is 4.21. The van der Waals surface area contributed by atoms with Crippen LogP contribution in [0.5, 0.6) is 5.75 Å². The van der Waals surface area contributed by atoms with Crippen LogP contribution in [-0.2, 0) is 10.0 Å². The highest BCUT2D eigenvalue weighted by Gasteiger charge is 2.18. The van der Waals surface area contributed by atoms with Crippen molar-refractivity contribution >= 4 is 49.8 Å². The maximum absolute atomic E-state index is 12.7. The number of benzene rings is 2. The lowest BCUT2D eigenvalue weighted by Gasteiger charge is -2.11. The van der Waals surface area contributed by atoms with Gasteiger partial charge >= 0.3 is 0 Å². The number of ether oxygens (including phenoxy) is 1. The summed E-state index contributed by atoms with van der Waals surface area (Å²) in [5.41, 5.74) is 0.906. The van der Waals surface area contributed by atoms with Crippen LogP contribution >= 0.6 is 23.2 Å². The molecule has 0 saturated heterocycles. The molecule has 2 aromatic carbocycles. The van der Waals surface area contributed by atoms with Gasteiger partial charge < -0.3 is 9.72 Å². The van der Waals surface area contributed by atoms with Gasteiger partial charge in [0, 0.05) is 11.6 Å². The molecule has 2 N–H and O–H groups in total. The molecule has 3 aromatic rings. The molecule has 3 rings (SSSR count). The minimum absolute atomic E-state index is 0.138. The molecule has 1 aromatic heterocycles. The molecule has 1 heterocycles. The SMILES string of the molecule is CC(C)CCOc1ccc(S(=O)(=O)Nc2ccc(Cl)c3c(Cl)c[nH]c23)cc1. The second-order valence-electron chi connectivity index (χ2n) is 6.59. The Balaban J connectivity index is 1.80. The zero-order valence-electron chi connectivity index (χ0n) is 14.9. The lowest BCUT2D eigenvalue weighted by Crippen LogP contribution is -2.13. The number of sulfonamides is 1. The fourth-order valence-electron chi connectivity index (χ4n) is 2.58. The molecule has 0 saturated carbocycles. The molecule has 0 aliphatic heterocycles. The number of hydrogen-bond acceptors (Lipinski definition) is 3. The molecule has 0 fully saturated rings. The first-order chi connectivity index (χ1) is 12.8. The quantitative estimate of drug-likeness (QED) is 0.508. The Hall–Kier alpha value is -1.89. The number of fused-ring (bicyclic) bond motifs is 1. The molecular weight excluding hydrogens is 407 g/mol. The smallest absolute Gasteiger partial charge is 0.261 e. The van der Waals surface area contributed by atoms with Gasteiger partial charge in [0.15, 0.2) is 0 Å². The van der Waals surface area contributed by atoms with Crippen LogP contribution in [0.3, 0.4) is 0 Å². The van der Waals surface area contributed by atoms with E-state index in [4.69, 9.17) is 27.9 Å². The molecule has 0 radical (unpaired) electrons. The van der Waals surface area contributed by atoms with Crippen molar-refractivity contribution in [2.75, 3.05) is 11.3 Å². The van der Waals surface area contributed by atoms with Crippen molar-refractivity contribution in [2.45, 2.75) is 25.2 Å². The number of nitrogens with one attached hydrogen (secondary N) is 2. The van der Waals surface area contributed by atoms with E-state index in [-0.39, 0.29) is 4.90 Å². The number of H-pyrrole nitrogens is 1. The molecule has 0 unspecified atom stereocenters.